The summed E-state index contributed by atoms with van der Waals surface area (Å²) in [5, 5.41) is 5.86. The summed E-state index contributed by atoms with van der Waals surface area (Å²) in [6.45, 7) is 3.89. The molecule has 1 aromatic heterocycles. The first-order valence-corrected chi connectivity index (χ1v) is 7.19. The van der Waals surface area contributed by atoms with E-state index in [1.807, 2.05) is 10.3 Å². The van der Waals surface area contributed by atoms with Gasteiger partial charge in [0.15, 0.2) is 0 Å². The lowest BCUT2D eigenvalue weighted by molar-refractivity contribution is 0.0780. The molecule has 0 aromatic carbocycles. The lowest BCUT2D eigenvalue weighted by Crippen LogP contribution is -2.33. The molecule has 0 bridgehead atoms. The summed E-state index contributed by atoms with van der Waals surface area (Å²) in [6.07, 6.45) is 2.31. The van der Waals surface area contributed by atoms with Gasteiger partial charge in [-0.25, -0.2) is 0 Å². The summed E-state index contributed by atoms with van der Waals surface area (Å²) >= 11 is 7.45. The van der Waals surface area contributed by atoms with Crippen molar-refractivity contribution in [1.82, 2.24) is 10.2 Å². The fourth-order valence-corrected chi connectivity index (χ4v) is 3.95. The van der Waals surface area contributed by atoms with E-state index in [9.17, 15) is 4.79 Å². The van der Waals surface area contributed by atoms with Crippen LogP contribution in [-0.2, 0) is 0 Å². The van der Waals surface area contributed by atoms with Gasteiger partial charge in [0.2, 0.25) is 0 Å². The molecule has 0 radical (unpaired) electrons. The maximum atomic E-state index is 12.3. The standard InChI is InChI=1S/C12H15ClN2OS/c13-9-1-6-17-10(9)11(16)15-5-3-12(8-15)2-4-14-7-12/h1,6,14H,2-5,7-8H2. The van der Waals surface area contributed by atoms with Crippen molar-refractivity contribution in [2.45, 2.75) is 12.8 Å². The Balaban J connectivity index is 1.75. The molecule has 1 atom stereocenters. The SMILES string of the molecule is O=C(c1sccc1Cl)N1CCC2(CCNC2)C1. The third-order valence-electron chi connectivity index (χ3n) is 3.87. The molecule has 1 unspecified atom stereocenters. The molecular weight excluding hydrogens is 256 g/mol. The molecule has 3 nitrogen and oxygen atoms in total. The van der Waals surface area contributed by atoms with Crippen molar-refractivity contribution in [3.63, 3.8) is 0 Å². The molecule has 2 aliphatic rings. The Kier molecular flexibility index (Phi) is 2.89. The summed E-state index contributed by atoms with van der Waals surface area (Å²) in [4.78, 5) is 15.0. The molecule has 2 aliphatic heterocycles. The summed E-state index contributed by atoms with van der Waals surface area (Å²) < 4.78 is 0. The topological polar surface area (TPSA) is 32.3 Å². The van der Waals surface area contributed by atoms with E-state index in [2.05, 4.69) is 5.32 Å². The van der Waals surface area contributed by atoms with Gasteiger partial charge in [-0.1, -0.05) is 11.6 Å². The van der Waals surface area contributed by atoms with E-state index in [1.54, 1.807) is 6.07 Å². The number of nitrogens with one attached hydrogen (secondary N) is 1. The number of carbonyl (C=O) groups is 1. The van der Waals surface area contributed by atoms with Gasteiger partial charge >= 0.3 is 0 Å². The maximum absolute atomic E-state index is 12.3. The number of rotatable bonds is 1. The fourth-order valence-electron chi connectivity index (χ4n) is 2.84. The lowest BCUT2D eigenvalue weighted by atomic mass is 9.87. The number of amides is 1. The second kappa shape index (κ2) is 4.26. The molecule has 3 rings (SSSR count). The molecule has 2 saturated heterocycles. The highest BCUT2D eigenvalue weighted by atomic mass is 35.5. The van der Waals surface area contributed by atoms with E-state index in [1.165, 1.54) is 17.8 Å². The van der Waals surface area contributed by atoms with Crippen LogP contribution in [0.1, 0.15) is 22.5 Å². The van der Waals surface area contributed by atoms with Crippen molar-refractivity contribution in [3.8, 4) is 0 Å². The summed E-state index contributed by atoms with van der Waals surface area (Å²) in [6, 6.07) is 1.79. The quantitative estimate of drug-likeness (QED) is 0.849. The Morgan fingerprint density at radius 1 is 1.53 bits per heavy atom. The minimum absolute atomic E-state index is 0.105. The van der Waals surface area contributed by atoms with Gasteiger partial charge in [0.1, 0.15) is 4.88 Å². The second-order valence-electron chi connectivity index (χ2n) is 5.00. The van der Waals surface area contributed by atoms with Crippen molar-refractivity contribution in [3.05, 3.63) is 21.3 Å². The molecule has 1 spiro atoms. The van der Waals surface area contributed by atoms with Crippen LogP contribution in [0.25, 0.3) is 0 Å². The van der Waals surface area contributed by atoms with E-state index in [4.69, 9.17) is 11.6 Å². The first-order chi connectivity index (χ1) is 8.20. The van der Waals surface area contributed by atoms with Gasteiger partial charge in [-0.2, -0.15) is 0 Å². The molecule has 92 valence electrons. The van der Waals surface area contributed by atoms with Crippen molar-refractivity contribution >= 4 is 28.8 Å². The van der Waals surface area contributed by atoms with Crippen molar-refractivity contribution in [2.24, 2.45) is 5.41 Å². The molecule has 3 heterocycles. The van der Waals surface area contributed by atoms with Crippen LogP contribution in [0.4, 0.5) is 0 Å². The highest BCUT2D eigenvalue weighted by Crippen LogP contribution is 2.37. The largest absolute Gasteiger partial charge is 0.337 e. The van der Waals surface area contributed by atoms with Crippen LogP contribution in [0.3, 0.4) is 0 Å². The Hall–Kier alpha value is -0.580. The highest BCUT2D eigenvalue weighted by Gasteiger charge is 2.42. The molecule has 1 amide bonds. The number of thiophene rings is 1. The first kappa shape index (κ1) is 11.5. The van der Waals surface area contributed by atoms with E-state index >= 15 is 0 Å². The van der Waals surface area contributed by atoms with Crippen LogP contribution in [-0.4, -0.2) is 37.0 Å². The number of hydrogen-bond acceptors (Lipinski definition) is 3. The first-order valence-electron chi connectivity index (χ1n) is 5.93. The Bertz CT molecular complexity index is 439. The zero-order valence-electron chi connectivity index (χ0n) is 9.54. The van der Waals surface area contributed by atoms with Crippen LogP contribution in [0.5, 0.6) is 0 Å². The molecule has 1 N–H and O–H groups in total. The minimum Gasteiger partial charge on any atom is -0.337 e. The average Bonchev–Trinajstić information content (AvgIpc) is 3.02. The van der Waals surface area contributed by atoms with Crippen molar-refractivity contribution < 1.29 is 4.79 Å². The number of carbonyl (C=O) groups excluding carboxylic acids is 1. The fraction of sp³-hybridized carbons (Fsp3) is 0.583. The minimum atomic E-state index is 0.105. The van der Waals surface area contributed by atoms with Crippen LogP contribution in [0, 0.1) is 5.41 Å². The van der Waals surface area contributed by atoms with Gasteiger partial charge in [-0.15, -0.1) is 11.3 Å². The summed E-state index contributed by atoms with van der Waals surface area (Å²) in [5.74, 6) is 0.105. The van der Waals surface area contributed by atoms with Gasteiger partial charge < -0.3 is 10.2 Å². The number of nitrogens with zero attached hydrogens (tertiary/aromatic N) is 1. The van der Waals surface area contributed by atoms with Crippen LogP contribution < -0.4 is 5.32 Å². The second-order valence-corrected chi connectivity index (χ2v) is 6.32. The molecular formula is C12H15ClN2OS. The van der Waals surface area contributed by atoms with E-state index < -0.39 is 0 Å². The normalized spacial score (nSPS) is 28.2. The van der Waals surface area contributed by atoms with Crippen molar-refractivity contribution in [2.75, 3.05) is 26.2 Å². The predicted octanol–water partition coefficient (Wildman–Crippen LogP) is 2.23. The summed E-state index contributed by atoms with van der Waals surface area (Å²) in [5.41, 5.74) is 0.333. The number of likely N-dealkylation sites (tertiary alicyclic amines) is 1. The summed E-state index contributed by atoms with van der Waals surface area (Å²) in [7, 11) is 0. The van der Waals surface area contributed by atoms with E-state index in [0.717, 1.165) is 32.6 Å². The predicted molar refractivity (Wildman–Crippen MR) is 69.8 cm³/mol. The molecule has 17 heavy (non-hydrogen) atoms. The van der Waals surface area contributed by atoms with Gasteiger partial charge in [0, 0.05) is 25.0 Å². The van der Waals surface area contributed by atoms with Crippen LogP contribution in [0.15, 0.2) is 11.4 Å². The van der Waals surface area contributed by atoms with E-state index in [-0.39, 0.29) is 5.91 Å². The zero-order valence-corrected chi connectivity index (χ0v) is 11.1. The van der Waals surface area contributed by atoms with Gasteiger partial charge in [-0.05, 0) is 30.8 Å². The van der Waals surface area contributed by atoms with Crippen molar-refractivity contribution in [1.29, 1.82) is 0 Å². The maximum Gasteiger partial charge on any atom is 0.265 e. The molecule has 1 aromatic rings. The molecule has 2 fully saturated rings. The smallest absolute Gasteiger partial charge is 0.265 e. The van der Waals surface area contributed by atoms with Crippen LogP contribution in [0.2, 0.25) is 5.02 Å². The zero-order chi connectivity index (χ0) is 11.9. The third kappa shape index (κ3) is 1.98. The Morgan fingerprint density at radius 2 is 2.41 bits per heavy atom. The Morgan fingerprint density at radius 3 is 3.06 bits per heavy atom. The third-order valence-corrected chi connectivity index (χ3v) is 5.20. The molecule has 5 heteroatoms. The average molecular weight is 271 g/mol. The number of hydrogen-bond donors (Lipinski definition) is 1. The molecule has 0 saturated carbocycles. The lowest BCUT2D eigenvalue weighted by Gasteiger charge is -2.22. The van der Waals surface area contributed by atoms with Gasteiger partial charge in [0.05, 0.1) is 5.02 Å². The molecule has 0 aliphatic carbocycles. The Labute approximate surface area is 110 Å². The van der Waals surface area contributed by atoms with Gasteiger partial charge in [-0.3, -0.25) is 4.79 Å². The van der Waals surface area contributed by atoms with Gasteiger partial charge in [0.25, 0.3) is 5.91 Å². The monoisotopic (exact) mass is 270 g/mol. The highest BCUT2D eigenvalue weighted by molar-refractivity contribution is 7.12. The van der Waals surface area contributed by atoms with Crippen LogP contribution >= 0.6 is 22.9 Å². The number of halogens is 1. The van der Waals surface area contributed by atoms with E-state index in [0.29, 0.717) is 15.3 Å².